The Labute approximate surface area is 121 Å². The van der Waals surface area contributed by atoms with Gasteiger partial charge >= 0.3 is 0 Å². The van der Waals surface area contributed by atoms with E-state index in [4.69, 9.17) is 10.5 Å². The van der Waals surface area contributed by atoms with E-state index in [1.165, 1.54) is 12.4 Å². The number of ether oxygens (including phenoxy) is 1. The molecule has 21 heavy (non-hydrogen) atoms. The molecule has 2 aromatic rings. The highest BCUT2D eigenvalue weighted by molar-refractivity contribution is 7.92. The van der Waals surface area contributed by atoms with Gasteiger partial charge in [0.1, 0.15) is 5.82 Å². The average molecular weight is 314 g/mol. The molecule has 7 nitrogen and oxygen atoms in total. The minimum absolute atomic E-state index is 0.119. The SMILES string of the molecule is COCCn1cc(NS(=O)(=O)c2ccc(F)c(N)c2)cn1. The van der Waals surface area contributed by atoms with Crippen molar-refractivity contribution in [2.75, 3.05) is 24.2 Å². The highest BCUT2D eigenvalue weighted by Gasteiger charge is 2.16. The molecular weight excluding hydrogens is 299 g/mol. The lowest BCUT2D eigenvalue weighted by Gasteiger charge is -2.07. The molecule has 0 aliphatic carbocycles. The maximum atomic E-state index is 13.1. The quantitative estimate of drug-likeness (QED) is 0.777. The summed E-state index contributed by atoms with van der Waals surface area (Å²) in [6.07, 6.45) is 2.91. The van der Waals surface area contributed by atoms with E-state index >= 15 is 0 Å². The number of nitrogens with zero attached hydrogens (tertiary/aromatic N) is 2. The molecule has 0 fully saturated rings. The number of nitrogen functional groups attached to an aromatic ring is 1. The number of sulfonamides is 1. The van der Waals surface area contributed by atoms with Crippen LogP contribution in [0.3, 0.4) is 0 Å². The van der Waals surface area contributed by atoms with Crippen LogP contribution in [-0.2, 0) is 21.3 Å². The predicted molar refractivity (Wildman–Crippen MR) is 75.7 cm³/mol. The minimum Gasteiger partial charge on any atom is -0.396 e. The van der Waals surface area contributed by atoms with Gasteiger partial charge in [-0.05, 0) is 18.2 Å². The molecule has 0 aliphatic heterocycles. The Morgan fingerprint density at radius 3 is 2.90 bits per heavy atom. The first-order chi connectivity index (χ1) is 9.92. The standard InChI is InChI=1S/C12H15FN4O3S/c1-20-5-4-17-8-9(7-15-17)16-21(18,19)10-2-3-11(13)12(14)6-10/h2-3,6-8,16H,4-5,14H2,1H3. The lowest BCUT2D eigenvalue weighted by atomic mass is 10.3. The van der Waals surface area contributed by atoms with Crippen LogP contribution in [0.4, 0.5) is 15.8 Å². The Bertz CT molecular complexity index is 730. The van der Waals surface area contributed by atoms with Crippen molar-refractivity contribution in [1.29, 1.82) is 0 Å². The Morgan fingerprint density at radius 2 is 2.24 bits per heavy atom. The van der Waals surface area contributed by atoms with Gasteiger partial charge in [-0.25, -0.2) is 12.8 Å². The smallest absolute Gasteiger partial charge is 0.262 e. The third-order valence-electron chi connectivity index (χ3n) is 2.69. The van der Waals surface area contributed by atoms with E-state index in [0.717, 1.165) is 18.2 Å². The van der Waals surface area contributed by atoms with Crippen LogP contribution in [0.1, 0.15) is 0 Å². The van der Waals surface area contributed by atoms with Crippen molar-refractivity contribution in [2.45, 2.75) is 11.4 Å². The normalized spacial score (nSPS) is 11.5. The van der Waals surface area contributed by atoms with Gasteiger partial charge in [0.2, 0.25) is 0 Å². The van der Waals surface area contributed by atoms with Crippen molar-refractivity contribution >= 4 is 21.4 Å². The summed E-state index contributed by atoms with van der Waals surface area (Å²) in [7, 11) is -2.28. The molecule has 2 rings (SSSR count). The van der Waals surface area contributed by atoms with Crippen molar-refractivity contribution < 1.29 is 17.5 Å². The number of hydrogen-bond acceptors (Lipinski definition) is 5. The second-order valence-electron chi connectivity index (χ2n) is 4.27. The number of halogens is 1. The van der Waals surface area contributed by atoms with E-state index in [9.17, 15) is 12.8 Å². The molecule has 3 N–H and O–H groups in total. The highest BCUT2D eigenvalue weighted by Crippen LogP contribution is 2.19. The van der Waals surface area contributed by atoms with E-state index in [1.54, 1.807) is 11.8 Å². The average Bonchev–Trinajstić information content (AvgIpc) is 2.86. The zero-order chi connectivity index (χ0) is 15.5. The van der Waals surface area contributed by atoms with E-state index in [-0.39, 0.29) is 10.6 Å². The second kappa shape index (κ2) is 6.10. The van der Waals surface area contributed by atoms with Gasteiger partial charge in [0.15, 0.2) is 0 Å². The molecule has 114 valence electrons. The molecule has 0 spiro atoms. The van der Waals surface area contributed by atoms with Gasteiger partial charge in [0.25, 0.3) is 10.0 Å². The summed E-state index contributed by atoms with van der Waals surface area (Å²) < 4.78 is 46.1. The van der Waals surface area contributed by atoms with Gasteiger partial charge in [0.05, 0.1) is 35.6 Å². The summed E-state index contributed by atoms with van der Waals surface area (Å²) in [4.78, 5) is -0.119. The maximum Gasteiger partial charge on any atom is 0.262 e. The molecule has 0 aliphatic rings. The molecule has 1 heterocycles. The van der Waals surface area contributed by atoms with Crippen molar-refractivity contribution in [3.63, 3.8) is 0 Å². The number of methoxy groups -OCH3 is 1. The molecule has 0 unspecified atom stereocenters. The molecule has 1 aromatic heterocycles. The van der Waals surface area contributed by atoms with E-state index < -0.39 is 15.8 Å². The first-order valence-corrected chi connectivity index (χ1v) is 7.50. The number of nitrogens with one attached hydrogen (secondary N) is 1. The molecule has 0 bridgehead atoms. The van der Waals surface area contributed by atoms with Crippen molar-refractivity contribution in [2.24, 2.45) is 0 Å². The van der Waals surface area contributed by atoms with Gasteiger partial charge in [-0.3, -0.25) is 9.40 Å². The summed E-state index contributed by atoms with van der Waals surface area (Å²) in [6.45, 7) is 0.962. The van der Waals surface area contributed by atoms with Crippen LogP contribution in [0.5, 0.6) is 0 Å². The Hall–Kier alpha value is -2.13. The van der Waals surface area contributed by atoms with Gasteiger partial charge in [-0.15, -0.1) is 0 Å². The third kappa shape index (κ3) is 3.70. The highest BCUT2D eigenvalue weighted by atomic mass is 32.2. The monoisotopic (exact) mass is 314 g/mol. The zero-order valence-corrected chi connectivity index (χ0v) is 12.1. The summed E-state index contributed by atoms with van der Waals surface area (Å²) in [5, 5.41) is 3.99. The van der Waals surface area contributed by atoms with E-state index in [2.05, 4.69) is 9.82 Å². The zero-order valence-electron chi connectivity index (χ0n) is 11.3. The largest absolute Gasteiger partial charge is 0.396 e. The lowest BCUT2D eigenvalue weighted by molar-refractivity contribution is 0.183. The van der Waals surface area contributed by atoms with Gasteiger partial charge < -0.3 is 10.5 Å². The van der Waals surface area contributed by atoms with E-state index in [0.29, 0.717) is 18.8 Å². The summed E-state index contributed by atoms with van der Waals surface area (Å²) in [5.41, 5.74) is 5.44. The number of nitrogens with two attached hydrogens (primary N) is 1. The fourth-order valence-electron chi connectivity index (χ4n) is 1.63. The molecular formula is C12H15FN4O3S. The van der Waals surface area contributed by atoms with Gasteiger partial charge in [-0.1, -0.05) is 0 Å². The van der Waals surface area contributed by atoms with Crippen molar-refractivity contribution in [1.82, 2.24) is 9.78 Å². The first-order valence-electron chi connectivity index (χ1n) is 6.01. The number of hydrogen-bond donors (Lipinski definition) is 2. The number of benzene rings is 1. The lowest BCUT2D eigenvalue weighted by Crippen LogP contribution is -2.13. The minimum atomic E-state index is -3.84. The van der Waals surface area contributed by atoms with Crippen LogP contribution in [0, 0.1) is 5.82 Å². The number of rotatable bonds is 6. The van der Waals surface area contributed by atoms with Crippen LogP contribution in [0.15, 0.2) is 35.5 Å². The third-order valence-corrected chi connectivity index (χ3v) is 4.07. The van der Waals surface area contributed by atoms with Crippen molar-refractivity contribution in [3.05, 3.63) is 36.4 Å². The Balaban J connectivity index is 2.16. The van der Waals surface area contributed by atoms with Gasteiger partial charge in [-0.2, -0.15) is 5.10 Å². The summed E-state index contributed by atoms with van der Waals surface area (Å²) >= 11 is 0. The first kappa shape index (κ1) is 15.3. The molecule has 0 saturated carbocycles. The fraction of sp³-hybridized carbons (Fsp3) is 0.250. The second-order valence-corrected chi connectivity index (χ2v) is 5.96. The molecule has 0 amide bonds. The predicted octanol–water partition coefficient (Wildman–Crippen LogP) is 1.05. The van der Waals surface area contributed by atoms with Crippen LogP contribution in [0.2, 0.25) is 0 Å². The van der Waals surface area contributed by atoms with Crippen LogP contribution >= 0.6 is 0 Å². The van der Waals surface area contributed by atoms with Crippen LogP contribution in [0.25, 0.3) is 0 Å². The Morgan fingerprint density at radius 1 is 1.48 bits per heavy atom. The van der Waals surface area contributed by atoms with Crippen LogP contribution in [-0.4, -0.2) is 31.9 Å². The van der Waals surface area contributed by atoms with Crippen LogP contribution < -0.4 is 10.5 Å². The molecule has 0 saturated heterocycles. The number of anilines is 2. The molecule has 1 aromatic carbocycles. The topological polar surface area (TPSA) is 99.2 Å². The van der Waals surface area contributed by atoms with Gasteiger partial charge in [0, 0.05) is 13.3 Å². The summed E-state index contributed by atoms with van der Waals surface area (Å²) in [5.74, 6) is -0.665. The maximum absolute atomic E-state index is 13.1. The molecule has 0 atom stereocenters. The molecule has 0 radical (unpaired) electrons. The Kier molecular flexibility index (Phi) is 4.43. The molecule has 9 heteroatoms. The van der Waals surface area contributed by atoms with E-state index in [1.807, 2.05) is 0 Å². The summed E-state index contributed by atoms with van der Waals surface area (Å²) in [6, 6.07) is 3.21. The number of aromatic nitrogens is 2. The van der Waals surface area contributed by atoms with Crippen molar-refractivity contribution in [3.8, 4) is 0 Å². The fourth-order valence-corrected chi connectivity index (χ4v) is 2.69.